The normalized spacial score (nSPS) is 23.2. The molecule has 0 unspecified atom stereocenters. The van der Waals surface area contributed by atoms with E-state index < -0.39 is 0 Å². The van der Waals surface area contributed by atoms with Gasteiger partial charge in [0, 0.05) is 36.6 Å². The fourth-order valence-corrected chi connectivity index (χ4v) is 4.90. The van der Waals surface area contributed by atoms with E-state index in [1.165, 1.54) is 5.56 Å². The van der Waals surface area contributed by atoms with Crippen molar-refractivity contribution < 1.29 is 6.17 Å². The third-order valence-corrected chi connectivity index (χ3v) is 6.32. The van der Waals surface area contributed by atoms with Crippen LogP contribution in [-0.2, 0) is 11.2 Å². The quantitative estimate of drug-likeness (QED) is 0.850. The second-order valence-electron chi connectivity index (χ2n) is 6.96. The molecule has 0 fully saturated rings. The molecule has 0 saturated heterocycles. The van der Waals surface area contributed by atoms with Gasteiger partial charge in [0.1, 0.15) is 0 Å². The Kier molecular flexibility index (Phi) is 3.94. The first-order valence-electron chi connectivity index (χ1n) is 9.47. The molecule has 2 atom stereocenters. The van der Waals surface area contributed by atoms with Crippen LogP contribution in [0.4, 0.5) is 0 Å². The number of amides is 1. The van der Waals surface area contributed by atoms with E-state index in [1.54, 1.807) is 0 Å². The van der Waals surface area contributed by atoms with Gasteiger partial charge in [-0.15, -0.1) is 0 Å². The molecule has 1 aliphatic carbocycles. The molecule has 0 bridgehead atoms. The summed E-state index contributed by atoms with van der Waals surface area (Å²) in [6, 6.07) is 4.57. The highest BCUT2D eigenvalue weighted by Gasteiger charge is 2.37. The maximum atomic E-state index is 13.0. The van der Waals surface area contributed by atoms with Crippen LogP contribution in [0.3, 0.4) is 0 Å². The molecule has 0 spiro atoms. The number of halogens is 1. The van der Waals surface area contributed by atoms with Crippen molar-refractivity contribution in [3.63, 3.8) is 0 Å². The number of aromatic amines is 1. The van der Waals surface area contributed by atoms with Crippen molar-refractivity contribution >= 4 is 38.3 Å². The van der Waals surface area contributed by atoms with Gasteiger partial charge in [0.05, 0.1) is 11.9 Å². The van der Waals surface area contributed by atoms with Gasteiger partial charge >= 0.3 is 0 Å². The van der Waals surface area contributed by atoms with Gasteiger partial charge in [0.15, 0.2) is 0 Å². The maximum absolute atomic E-state index is 13.0. The van der Waals surface area contributed by atoms with Crippen LogP contribution >= 0.6 is 15.9 Å². The largest absolute Gasteiger partial charge is 0.349 e. The van der Waals surface area contributed by atoms with Gasteiger partial charge in [-0.05, 0) is 66.0 Å². The molecule has 0 saturated carbocycles. The highest BCUT2D eigenvalue weighted by atomic mass is 79.9. The van der Waals surface area contributed by atoms with E-state index in [1.807, 2.05) is 30.9 Å². The summed E-state index contributed by atoms with van der Waals surface area (Å²) in [4.78, 5) is 20.5. The Morgan fingerprint density at radius 2 is 2.24 bits per heavy atom. The van der Waals surface area contributed by atoms with Gasteiger partial charge in [-0.3, -0.25) is 9.69 Å². The standard InChI is InChI=1S/C20H24BrN3O/c1-4-24(5-2)20(25)12-9-14-13-7-6-8-16-18(13)15(19(21)22-16)10-17(14)23(3)11-12/h6-9,12,17,22H,4-5,10-11H2,1-3H3/t12-,17-/m1/s1/i7D. The number of nitrogens with zero attached hydrogens (tertiary/aromatic N) is 2. The number of likely N-dealkylation sites (N-methyl/N-ethyl adjacent to an activating group) is 1. The van der Waals surface area contributed by atoms with Crippen molar-refractivity contribution in [2.24, 2.45) is 5.92 Å². The topological polar surface area (TPSA) is 39.3 Å². The molecule has 132 valence electrons. The number of aromatic nitrogens is 1. The van der Waals surface area contributed by atoms with Gasteiger partial charge in [-0.2, -0.15) is 0 Å². The molecule has 1 aromatic heterocycles. The fourth-order valence-electron chi connectivity index (χ4n) is 4.32. The number of hydrogen-bond acceptors (Lipinski definition) is 2. The van der Waals surface area contributed by atoms with Crippen LogP contribution in [0.1, 0.15) is 26.3 Å². The molecule has 2 aromatic rings. The van der Waals surface area contributed by atoms with Gasteiger partial charge in [0.25, 0.3) is 0 Å². The molecule has 2 heterocycles. The minimum Gasteiger partial charge on any atom is -0.349 e. The lowest BCUT2D eigenvalue weighted by Gasteiger charge is -2.40. The van der Waals surface area contributed by atoms with Crippen LogP contribution in [0.2, 0.25) is 0 Å². The van der Waals surface area contributed by atoms with Crippen LogP contribution in [-0.4, -0.2) is 53.4 Å². The summed E-state index contributed by atoms with van der Waals surface area (Å²) in [5.41, 5.74) is 4.42. The number of H-pyrrole nitrogens is 1. The zero-order chi connectivity index (χ0) is 18.6. The maximum Gasteiger partial charge on any atom is 0.230 e. The Morgan fingerprint density at radius 1 is 1.48 bits per heavy atom. The molecule has 1 amide bonds. The second kappa shape index (κ2) is 6.29. The minimum atomic E-state index is -0.148. The van der Waals surface area contributed by atoms with Crippen molar-refractivity contribution in [1.29, 1.82) is 0 Å². The van der Waals surface area contributed by atoms with Gasteiger partial charge in [0.2, 0.25) is 5.91 Å². The van der Waals surface area contributed by atoms with E-state index in [4.69, 9.17) is 1.37 Å². The van der Waals surface area contributed by atoms with Crippen LogP contribution in [0.5, 0.6) is 0 Å². The lowest BCUT2D eigenvalue weighted by Crippen LogP contribution is -2.47. The summed E-state index contributed by atoms with van der Waals surface area (Å²) in [5.74, 6) is 0.0392. The first kappa shape index (κ1) is 15.6. The Labute approximate surface area is 158 Å². The Balaban J connectivity index is 1.88. The van der Waals surface area contributed by atoms with E-state index in [0.29, 0.717) is 6.04 Å². The highest BCUT2D eigenvalue weighted by molar-refractivity contribution is 9.10. The van der Waals surface area contributed by atoms with Crippen LogP contribution < -0.4 is 0 Å². The number of hydrogen-bond donors (Lipinski definition) is 1. The molecule has 1 N–H and O–H groups in total. The number of fused-ring (bicyclic) bond motifs is 2. The van der Waals surface area contributed by atoms with Crippen molar-refractivity contribution in [1.82, 2.24) is 14.8 Å². The number of rotatable bonds is 3. The summed E-state index contributed by atoms with van der Waals surface area (Å²) in [5, 5.41) is 1.14. The Hall–Kier alpha value is -1.59. The molecule has 5 heteroatoms. The molecule has 25 heavy (non-hydrogen) atoms. The van der Waals surface area contributed by atoms with E-state index >= 15 is 0 Å². The SMILES string of the molecule is [2H]c1ccc2[nH]c(Br)c3c2c1C1=C[C@@H](C(=O)N(CC)CC)CN(C)[C@@H]1C3. The smallest absolute Gasteiger partial charge is 0.230 e. The number of benzene rings is 1. The van der Waals surface area contributed by atoms with E-state index in [2.05, 4.69) is 38.9 Å². The third-order valence-electron chi connectivity index (χ3n) is 5.64. The number of nitrogens with one attached hydrogen (secondary N) is 1. The van der Waals surface area contributed by atoms with Gasteiger partial charge < -0.3 is 9.88 Å². The number of carbonyl (C=O) groups excluding carboxylic acids is 1. The summed E-state index contributed by atoms with van der Waals surface area (Å²) in [6.45, 7) is 6.24. The van der Waals surface area contributed by atoms with Crippen LogP contribution in [0, 0.1) is 5.92 Å². The first-order valence-corrected chi connectivity index (χ1v) is 9.76. The van der Waals surface area contributed by atoms with E-state index in [0.717, 1.165) is 52.7 Å². The van der Waals surface area contributed by atoms with Crippen molar-refractivity contribution in [2.45, 2.75) is 26.3 Å². The Morgan fingerprint density at radius 3 is 2.96 bits per heavy atom. The van der Waals surface area contributed by atoms with Gasteiger partial charge in [-0.25, -0.2) is 0 Å². The summed E-state index contributed by atoms with van der Waals surface area (Å²) >= 11 is 3.66. The monoisotopic (exact) mass is 402 g/mol. The fraction of sp³-hybridized carbons (Fsp3) is 0.450. The third kappa shape index (κ3) is 2.56. The molecule has 0 radical (unpaired) electrons. The van der Waals surface area contributed by atoms with Crippen LogP contribution in [0.15, 0.2) is 28.9 Å². The lowest BCUT2D eigenvalue weighted by molar-refractivity contribution is -0.134. The zero-order valence-corrected chi connectivity index (χ0v) is 16.5. The van der Waals surface area contributed by atoms with Crippen molar-refractivity contribution in [2.75, 3.05) is 26.7 Å². The van der Waals surface area contributed by atoms with E-state index in [-0.39, 0.29) is 17.9 Å². The first-order chi connectivity index (χ1) is 12.5. The predicted molar refractivity (Wildman–Crippen MR) is 106 cm³/mol. The van der Waals surface area contributed by atoms with Crippen molar-refractivity contribution in [3.05, 3.63) is 40.0 Å². The second-order valence-corrected chi connectivity index (χ2v) is 7.75. The molecular weight excluding hydrogens is 378 g/mol. The number of carbonyl (C=O) groups is 1. The minimum absolute atomic E-state index is 0.148. The average molecular weight is 403 g/mol. The summed E-state index contributed by atoms with van der Waals surface area (Å²) in [6.07, 6.45) is 3.04. The molecule has 1 aromatic carbocycles. The van der Waals surface area contributed by atoms with Crippen molar-refractivity contribution in [3.8, 4) is 0 Å². The Bertz CT molecular complexity index is 915. The van der Waals surface area contributed by atoms with E-state index in [9.17, 15) is 4.79 Å². The summed E-state index contributed by atoms with van der Waals surface area (Å²) in [7, 11) is 2.09. The van der Waals surface area contributed by atoms with Crippen LogP contribution in [0.25, 0.3) is 16.5 Å². The lowest BCUT2D eigenvalue weighted by atomic mass is 9.79. The predicted octanol–water partition coefficient (Wildman–Crippen LogP) is 3.67. The molecule has 4 rings (SSSR count). The molecular formula is C20H24BrN3O. The summed E-state index contributed by atoms with van der Waals surface area (Å²) < 4.78 is 9.54. The molecule has 4 nitrogen and oxygen atoms in total. The van der Waals surface area contributed by atoms with Gasteiger partial charge in [-0.1, -0.05) is 18.2 Å². The highest BCUT2D eigenvalue weighted by Crippen LogP contribution is 2.43. The molecule has 1 aliphatic heterocycles. The zero-order valence-electron chi connectivity index (χ0n) is 15.9. The molecule has 2 aliphatic rings. The average Bonchev–Trinajstić information content (AvgIpc) is 2.95.